The van der Waals surface area contributed by atoms with Gasteiger partial charge in [0.15, 0.2) is 5.75 Å². The summed E-state index contributed by atoms with van der Waals surface area (Å²) >= 11 is 0. The molecule has 0 aliphatic heterocycles. The maximum atomic E-state index is 13.4. The zero-order valence-corrected chi connectivity index (χ0v) is 17.5. The molecule has 1 aliphatic carbocycles. The Bertz CT molecular complexity index is 1200. The van der Waals surface area contributed by atoms with Gasteiger partial charge in [0.1, 0.15) is 17.7 Å². The fourth-order valence-corrected chi connectivity index (χ4v) is 3.26. The van der Waals surface area contributed by atoms with E-state index in [0.717, 1.165) is 31.0 Å². The highest BCUT2D eigenvalue weighted by Crippen LogP contribution is 2.34. The third-order valence-corrected chi connectivity index (χ3v) is 5.17. The van der Waals surface area contributed by atoms with Crippen molar-refractivity contribution in [3.05, 3.63) is 56.9 Å². The van der Waals surface area contributed by atoms with Crippen molar-refractivity contribution >= 4 is 17.8 Å². The second-order valence-corrected chi connectivity index (χ2v) is 7.70. The molecular formula is C21H20F3N3O7. The van der Waals surface area contributed by atoms with Gasteiger partial charge < -0.3 is 26.0 Å². The number of nitrogens with one attached hydrogen (secondary N) is 2. The Balaban J connectivity index is 2.14. The largest absolute Gasteiger partial charge is 0.506 e. The van der Waals surface area contributed by atoms with E-state index in [9.17, 15) is 42.6 Å². The van der Waals surface area contributed by atoms with Crippen LogP contribution in [-0.2, 0) is 17.5 Å². The lowest BCUT2D eigenvalue weighted by Crippen LogP contribution is -2.37. The van der Waals surface area contributed by atoms with Gasteiger partial charge in [0.2, 0.25) is 5.88 Å². The number of hydrogen-bond donors (Lipinski definition) is 5. The van der Waals surface area contributed by atoms with Gasteiger partial charge in [0, 0.05) is 6.54 Å². The lowest BCUT2D eigenvalue weighted by molar-refractivity contribution is -0.138. The normalized spacial score (nSPS) is 13.4. The Morgan fingerprint density at radius 2 is 1.65 bits per heavy atom. The summed E-state index contributed by atoms with van der Waals surface area (Å²) < 4.78 is 40.6. The van der Waals surface area contributed by atoms with Gasteiger partial charge in [-0.2, -0.15) is 13.2 Å². The summed E-state index contributed by atoms with van der Waals surface area (Å²) in [6, 6.07) is 4.17. The number of nitrogens with zero attached hydrogens (tertiary/aromatic N) is 1. The number of aromatic nitrogens is 1. The molecule has 0 spiro atoms. The Labute approximate surface area is 189 Å². The smallest absolute Gasteiger partial charge is 0.416 e. The predicted octanol–water partition coefficient (Wildman–Crippen LogP) is 1.28. The van der Waals surface area contributed by atoms with E-state index in [2.05, 4.69) is 5.32 Å². The Morgan fingerprint density at radius 3 is 2.24 bits per heavy atom. The lowest BCUT2D eigenvalue weighted by Gasteiger charge is -2.18. The number of aliphatic carboxylic acids is 1. The van der Waals surface area contributed by atoms with Crippen molar-refractivity contribution in [2.75, 3.05) is 13.1 Å². The highest BCUT2D eigenvalue weighted by Gasteiger charge is 2.35. The SMILES string of the molecule is O=C(O)CNC(=O)c1c(O)c(C(=O)NCC2CC2)c(O)n(Cc2ccccc2C(F)(F)F)c1=O. The number of carboxylic acids is 1. The molecule has 0 bridgehead atoms. The molecule has 0 unspecified atom stereocenters. The second-order valence-electron chi connectivity index (χ2n) is 7.70. The number of carbonyl (C=O) groups is 3. The van der Waals surface area contributed by atoms with Gasteiger partial charge in [0.05, 0.1) is 12.1 Å². The maximum Gasteiger partial charge on any atom is 0.416 e. The van der Waals surface area contributed by atoms with E-state index >= 15 is 0 Å². The van der Waals surface area contributed by atoms with E-state index in [0.29, 0.717) is 4.57 Å². The fourth-order valence-electron chi connectivity index (χ4n) is 3.26. The van der Waals surface area contributed by atoms with E-state index in [1.165, 1.54) is 6.07 Å². The minimum absolute atomic E-state index is 0.175. The molecule has 5 N–H and O–H groups in total. The number of carboxylic acid groups (broad SMARTS) is 1. The molecule has 2 amide bonds. The molecule has 0 saturated heterocycles. The number of halogens is 3. The number of hydrogen-bond acceptors (Lipinski definition) is 6. The second kappa shape index (κ2) is 9.45. The van der Waals surface area contributed by atoms with E-state index < -0.39 is 76.5 Å². The summed E-state index contributed by atoms with van der Waals surface area (Å²) in [7, 11) is 0. The summed E-state index contributed by atoms with van der Waals surface area (Å²) in [5, 5.41) is 34.1. The molecule has 10 nitrogen and oxygen atoms in total. The first kappa shape index (κ1) is 24.6. The molecule has 1 aliphatic rings. The van der Waals surface area contributed by atoms with Crippen LogP contribution in [0, 0.1) is 5.92 Å². The van der Waals surface area contributed by atoms with Gasteiger partial charge in [-0.25, -0.2) is 0 Å². The third kappa shape index (κ3) is 5.30. The van der Waals surface area contributed by atoms with Gasteiger partial charge in [-0.05, 0) is 30.4 Å². The van der Waals surface area contributed by atoms with Crippen molar-refractivity contribution in [1.82, 2.24) is 15.2 Å². The van der Waals surface area contributed by atoms with Crippen LogP contribution in [0.5, 0.6) is 11.6 Å². The van der Waals surface area contributed by atoms with Crippen molar-refractivity contribution in [1.29, 1.82) is 0 Å². The standard InChI is InChI=1S/C21H20F3N3O7/c22-21(23,24)12-4-2-1-3-11(12)9-27-19(33)14(17(31)25-7-10-5-6-10)16(30)15(20(27)34)18(32)26-8-13(28)29/h1-4,10,30,33H,5-9H2,(H,25,31)(H,26,32)(H,28,29). The number of aromatic hydroxyl groups is 2. The van der Waals surface area contributed by atoms with Crippen LogP contribution in [0.15, 0.2) is 29.1 Å². The molecule has 34 heavy (non-hydrogen) atoms. The summed E-state index contributed by atoms with van der Waals surface area (Å²) in [6.07, 6.45) is -3.12. The Kier molecular flexibility index (Phi) is 6.84. The molecule has 2 aromatic rings. The maximum absolute atomic E-state index is 13.4. The van der Waals surface area contributed by atoms with Crippen molar-refractivity contribution < 1.29 is 42.9 Å². The Morgan fingerprint density at radius 1 is 1.03 bits per heavy atom. The number of benzene rings is 1. The van der Waals surface area contributed by atoms with Crippen LogP contribution >= 0.6 is 0 Å². The molecule has 182 valence electrons. The summed E-state index contributed by atoms with van der Waals surface area (Å²) in [5.74, 6) is -6.13. The van der Waals surface area contributed by atoms with Gasteiger partial charge in [0.25, 0.3) is 17.4 Å². The highest BCUT2D eigenvalue weighted by atomic mass is 19.4. The van der Waals surface area contributed by atoms with Gasteiger partial charge in [-0.3, -0.25) is 23.7 Å². The van der Waals surface area contributed by atoms with Crippen LogP contribution in [0.1, 0.15) is 44.7 Å². The quantitative estimate of drug-likeness (QED) is 0.378. The van der Waals surface area contributed by atoms with E-state index in [4.69, 9.17) is 5.11 Å². The fraction of sp³-hybridized carbons (Fsp3) is 0.333. The summed E-state index contributed by atoms with van der Waals surface area (Å²) in [5.41, 5.74) is -5.00. The molecule has 13 heteroatoms. The molecule has 1 saturated carbocycles. The number of carbonyl (C=O) groups excluding carboxylic acids is 2. The number of alkyl halides is 3. The average molecular weight is 483 g/mol. The van der Waals surface area contributed by atoms with Crippen LogP contribution in [-0.4, -0.2) is 50.8 Å². The van der Waals surface area contributed by atoms with Gasteiger partial charge in [-0.15, -0.1) is 0 Å². The van der Waals surface area contributed by atoms with Gasteiger partial charge >= 0.3 is 12.1 Å². The lowest BCUT2D eigenvalue weighted by atomic mass is 10.1. The predicted molar refractivity (Wildman–Crippen MR) is 110 cm³/mol. The first-order valence-corrected chi connectivity index (χ1v) is 10.0. The number of amides is 2. The van der Waals surface area contributed by atoms with Crippen LogP contribution in [0.3, 0.4) is 0 Å². The number of rotatable bonds is 8. The first-order valence-electron chi connectivity index (χ1n) is 10.0. The molecular weight excluding hydrogens is 463 g/mol. The molecule has 0 radical (unpaired) electrons. The summed E-state index contributed by atoms with van der Waals surface area (Å²) in [6.45, 7) is -1.67. The van der Waals surface area contributed by atoms with Crippen LogP contribution in [0.4, 0.5) is 13.2 Å². The Hall–Kier alpha value is -4.03. The van der Waals surface area contributed by atoms with Crippen LogP contribution < -0.4 is 16.2 Å². The van der Waals surface area contributed by atoms with E-state index in [-0.39, 0.29) is 12.5 Å². The minimum atomic E-state index is -4.81. The summed E-state index contributed by atoms with van der Waals surface area (Å²) in [4.78, 5) is 48.8. The molecule has 3 rings (SSSR count). The van der Waals surface area contributed by atoms with Crippen molar-refractivity contribution in [2.24, 2.45) is 5.92 Å². The third-order valence-electron chi connectivity index (χ3n) is 5.17. The zero-order valence-electron chi connectivity index (χ0n) is 17.5. The number of pyridine rings is 1. The van der Waals surface area contributed by atoms with Gasteiger partial charge in [-0.1, -0.05) is 18.2 Å². The highest BCUT2D eigenvalue weighted by molar-refractivity contribution is 6.05. The minimum Gasteiger partial charge on any atom is -0.506 e. The molecule has 1 heterocycles. The topological polar surface area (TPSA) is 158 Å². The van der Waals surface area contributed by atoms with Crippen molar-refractivity contribution in [2.45, 2.75) is 25.6 Å². The average Bonchev–Trinajstić information content (AvgIpc) is 3.58. The molecule has 0 atom stereocenters. The molecule has 1 fully saturated rings. The van der Waals surface area contributed by atoms with Crippen molar-refractivity contribution in [3.63, 3.8) is 0 Å². The van der Waals surface area contributed by atoms with Crippen molar-refractivity contribution in [3.8, 4) is 11.6 Å². The molecule has 1 aromatic heterocycles. The van der Waals surface area contributed by atoms with Crippen LogP contribution in [0.25, 0.3) is 0 Å². The van der Waals surface area contributed by atoms with E-state index in [1.807, 2.05) is 5.32 Å². The first-order chi connectivity index (χ1) is 15.9. The molecule has 1 aromatic carbocycles. The van der Waals surface area contributed by atoms with E-state index in [1.54, 1.807) is 0 Å². The van der Waals surface area contributed by atoms with Crippen LogP contribution in [0.2, 0.25) is 0 Å². The zero-order chi connectivity index (χ0) is 25.2. The monoisotopic (exact) mass is 483 g/mol.